The van der Waals surface area contributed by atoms with Gasteiger partial charge in [-0.05, 0) is 18.6 Å². The van der Waals surface area contributed by atoms with Gasteiger partial charge in [-0.15, -0.1) is 12.4 Å². The van der Waals surface area contributed by atoms with E-state index in [0.29, 0.717) is 5.56 Å². The highest BCUT2D eigenvalue weighted by molar-refractivity contribution is 5.85. The molecule has 0 radical (unpaired) electrons. The van der Waals surface area contributed by atoms with Crippen molar-refractivity contribution < 1.29 is 22.3 Å². The molecule has 0 unspecified atom stereocenters. The molecule has 0 bridgehead atoms. The largest absolute Gasteiger partial charge is 0.496 e. The summed E-state index contributed by atoms with van der Waals surface area (Å²) in [6, 6.07) is 2.34. The van der Waals surface area contributed by atoms with Crippen LogP contribution in [0.4, 0.5) is 17.6 Å². The molecule has 0 saturated heterocycles. The molecular weight excluding hydrogens is 274 g/mol. The van der Waals surface area contributed by atoms with E-state index in [-0.39, 0.29) is 24.6 Å². The molecular formula is C11H14ClF4NO. The van der Waals surface area contributed by atoms with E-state index in [1.807, 2.05) is 0 Å². The molecule has 0 saturated carbocycles. The third-order valence-corrected chi connectivity index (χ3v) is 2.38. The van der Waals surface area contributed by atoms with Crippen molar-refractivity contribution in [3.63, 3.8) is 0 Å². The van der Waals surface area contributed by atoms with E-state index < -0.39 is 24.5 Å². The molecule has 0 aliphatic carbocycles. The highest BCUT2D eigenvalue weighted by atomic mass is 35.5. The molecule has 18 heavy (non-hydrogen) atoms. The van der Waals surface area contributed by atoms with Crippen LogP contribution in [0.15, 0.2) is 18.2 Å². The van der Waals surface area contributed by atoms with Crippen molar-refractivity contribution in [2.45, 2.75) is 18.6 Å². The topological polar surface area (TPSA) is 35.2 Å². The molecule has 1 atom stereocenters. The van der Waals surface area contributed by atoms with Gasteiger partial charge in [0.05, 0.1) is 19.3 Å². The van der Waals surface area contributed by atoms with Gasteiger partial charge in [0, 0.05) is 11.6 Å². The van der Waals surface area contributed by atoms with E-state index >= 15 is 0 Å². The summed E-state index contributed by atoms with van der Waals surface area (Å²) in [7, 11) is 1.25. The molecule has 2 N–H and O–H groups in total. The summed E-state index contributed by atoms with van der Waals surface area (Å²) in [5.74, 6) is 0.0285. The van der Waals surface area contributed by atoms with Crippen molar-refractivity contribution >= 4 is 12.4 Å². The van der Waals surface area contributed by atoms with Gasteiger partial charge < -0.3 is 10.5 Å². The number of alkyl halides is 4. The van der Waals surface area contributed by atoms with Crippen LogP contribution < -0.4 is 10.5 Å². The molecule has 0 amide bonds. The second kappa shape index (κ2) is 6.80. The highest BCUT2D eigenvalue weighted by Gasteiger charge is 2.31. The summed E-state index contributed by atoms with van der Waals surface area (Å²) in [6.07, 6.45) is -4.39. The zero-order valence-corrected chi connectivity index (χ0v) is 10.4. The summed E-state index contributed by atoms with van der Waals surface area (Å²) in [6.45, 7) is -0.634. The third kappa shape index (κ3) is 4.03. The number of methoxy groups -OCH3 is 1. The first-order chi connectivity index (χ1) is 7.90. The minimum Gasteiger partial charge on any atom is -0.496 e. The van der Waals surface area contributed by atoms with Crippen LogP contribution in [0.3, 0.4) is 0 Å². The lowest BCUT2D eigenvalue weighted by atomic mass is 10.0. The van der Waals surface area contributed by atoms with Gasteiger partial charge in [0.1, 0.15) is 5.75 Å². The van der Waals surface area contributed by atoms with E-state index in [0.717, 1.165) is 12.1 Å². The predicted molar refractivity (Wildman–Crippen MR) is 62.8 cm³/mol. The Kier molecular flexibility index (Phi) is 6.42. The second-order valence-electron chi connectivity index (χ2n) is 3.54. The normalized spacial score (nSPS) is 12.8. The van der Waals surface area contributed by atoms with E-state index in [1.165, 1.54) is 13.2 Å². The van der Waals surface area contributed by atoms with Crippen LogP contribution in [-0.4, -0.2) is 13.8 Å². The Labute approximate surface area is 109 Å². The van der Waals surface area contributed by atoms with Gasteiger partial charge in [0.2, 0.25) is 0 Å². The molecule has 0 aliphatic rings. The number of benzene rings is 1. The Morgan fingerprint density at radius 2 is 1.94 bits per heavy atom. The third-order valence-electron chi connectivity index (χ3n) is 2.38. The first kappa shape index (κ1) is 17.0. The Morgan fingerprint density at radius 1 is 1.33 bits per heavy atom. The van der Waals surface area contributed by atoms with Crippen LogP contribution in [0.5, 0.6) is 5.75 Å². The smallest absolute Gasteiger partial charge is 0.416 e. The zero-order valence-electron chi connectivity index (χ0n) is 9.63. The SMILES string of the molecule is COc1cc(C(F)(F)F)ccc1[C@H](N)CCF.Cl. The average molecular weight is 288 g/mol. The Balaban J connectivity index is 0.00000289. The number of nitrogens with two attached hydrogens (primary N) is 1. The van der Waals surface area contributed by atoms with E-state index in [4.69, 9.17) is 10.5 Å². The number of halogens is 5. The Bertz CT molecular complexity index is 384. The fourth-order valence-corrected chi connectivity index (χ4v) is 1.47. The van der Waals surface area contributed by atoms with Crippen molar-refractivity contribution in [3.05, 3.63) is 29.3 Å². The van der Waals surface area contributed by atoms with Crippen molar-refractivity contribution in [1.29, 1.82) is 0 Å². The van der Waals surface area contributed by atoms with Gasteiger partial charge in [0.15, 0.2) is 0 Å². The van der Waals surface area contributed by atoms with Gasteiger partial charge in [0.25, 0.3) is 0 Å². The van der Waals surface area contributed by atoms with E-state index in [9.17, 15) is 17.6 Å². The molecule has 1 aromatic carbocycles. The average Bonchev–Trinajstić information content (AvgIpc) is 2.27. The fraction of sp³-hybridized carbons (Fsp3) is 0.455. The lowest BCUT2D eigenvalue weighted by Crippen LogP contribution is -2.13. The van der Waals surface area contributed by atoms with Crippen LogP contribution in [0.25, 0.3) is 0 Å². The quantitative estimate of drug-likeness (QED) is 0.860. The maximum atomic E-state index is 12.4. The van der Waals surface area contributed by atoms with Crippen molar-refractivity contribution in [3.8, 4) is 5.75 Å². The van der Waals surface area contributed by atoms with Crippen LogP contribution in [0.1, 0.15) is 23.6 Å². The molecule has 7 heteroatoms. The molecule has 0 heterocycles. The first-order valence-corrected chi connectivity index (χ1v) is 4.96. The van der Waals surface area contributed by atoms with Crippen molar-refractivity contribution in [1.82, 2.24) is 0 Å². The molecule has 104 valence electrons. The molecule has 2 nitrogen and oxygen atoms in total. The first-order valence-electron chi connectivity index (χ1n) is 4.96. The van der Waals surface area contributed by atoms with Crippen LogP contribution in [0.2, 0.25) is 0 Å². The van der Waals surface area contributed by atoms with Crippen LogP contribution in [-0.2, 0) is 6.18 Å². The molecule has 1 aromatic rings. The molecule has 0 aliphatic heterocycles. The zero-order chi connectivity index (χ0) is 13.1. The predicted octanol–water partition coefficient (Wildman–Crippen LogP) is 3.50. The highest BCUT2D eigenvalue weighted by Crippen LogP contribution is 2.35. The Morgan fingerprint density at radius 3 is 2.39 bits per heavy atom. The standard InChI is InChI=1S/C11H13F4NO.ClH/c1-17-10-6-7(11(13,14)15)2-3-8(10)9(16)4-5-12;/h2-3,6,9H,4-5,16H2,1H3;1H/t9-;/m1./s1. The minimum atomic E-state index is -4.43. The number of hydrogen-bond donors (Lipinski definition) is 1. The lowest BCUT2D eigenvalue weighted by Gasteiger charge is -2.16. The van der Waals surface area contributed by atoms with Crippen molar-refractivity contribution in [2.24, 2.45) is 5.73 Å². The molecule has 0 spiro atoms. The van der Waals surface area contributed by atoms with Crippen LogP contribution in [0, 0.1) is 0 Å². The second-order valence-corrected chi connectivity index (χ2v) is 3.54. The number of ether oxygens (including phenoxy) is 1. The maximum Gasteiger partial charge on any atom is 0.416 e. The van der Waals surface area contributed by atoms with Gasteiger partial charge >= 0.3 is 6.18 Å². The monoisotopic (exact) mass is 287 g/mol. The summed E-state index contributed by atoms with van der Waals surface area (Å²) in [5, 5.41) is 0. The fourth-order valence-electron chi connectivity index (χ4n) is 1.47. The maximum absolute atomic E-state index is 12.4. The molecule has 1 rings (SSSR count). The van der Waals surface area contributed by atoms with Gasteiger partial charge in [-0.3, -0.25) is 4.39 Å². The summed E-state index contributed by atoms with van der Waals surface area (Å²) >= 11 is 0. The molecule has 0 aromatic heterocycles. The van der Waals surface area contributed by atoms with Gasteiger partial charge in [-0.2, -0.15) is 13.2 Å². The number of hydrogen-bond acceptors (Lipinski definition) is 2. The van der Waals surface area contributed by atoms with E-state index in [2.05, 4.69) is 0 Å². The minimum absolute atomic E-state index is 0. The van der Waals surface area contributed by atoms with Gasteiger partial charge in [-0.25, -0.2) is 0 Å². The van der Waals surface area contributed by atoms with E-state index in [1.54, 1.807) is 0 Å². The summed E-state index contributed by atoms with van der Waals surface area (Å²) < 4.78 is 54.3. The Hall–Kier alpha value is -1.01. The van der Waals surface area contributed by atoms with Gasteiger partial charge in [-0.1, -0.05) is 6.07 Å². The summed E-state index contributed by atoms with van der Waals surface area (Å²) in [4.78, 5) is 0. The summed E-state index contributed by atoms with van der Waals surface area (Å²) in [5.41, 5.74) is 5.20. The number of rotatable bonds is 4. The molecule has 0 fully saturated rings. The van der Waals surface area contributed by atoms with Crippen LogP contribution >= 0.6 is 12.4 Å². The van der Waals surface area contributed by atoms with Crippen molar-refractivity contribution in [2.75, 3.05) is 13.8 Å². The lowest BCUT2D eigenvalue weighted by molar-refractivity contribution is -0.137.